The molecule has 0 radical (unpaired) electrons. The first kappa shape index (κ1) is 14.4. The normalized spacial score (nSPS) is 29.9. The zero-order chi connectivity index (χ0) is 14.1. The molecule has 2 aliphatic rings. The monoisotopic (exact) mass is 266 g/mol. The van der Waals surface area contributed by atoms with Crippen molar-refractivity contribution in [2.45, 2.75) is 76.8 Å². The van der Waals surface area contributed by atoms with Gasteiger partial charge in [0.15, 0.2) is 0 Å². The summed E-state index contributed by atoms with van der Waals surface area (Å²) in [5, 5.41) is 3.00. The van der Waals surface area contributed by atoms with Crippen molar-refractivity contribution in [2.75, 3.05) is 6.54 Å². The minimum Gasteiger partial charge on any atom is -0.340 e. The smallest absolute Gasteiger partial charge is 0.248 e. The molecule has 108 valence electrons. The van der Waals surface area contributed by atoms with Gasteiger partial charge in [0.1, 0.15) is 11.1 Å². The van der Waals surface area contributed by atoms with Gasteiger partial charge in [-0.05, 0) is 32.6 Å². The number of piperazine rings is 1. The molecule has 1 aliphatic heterocycles. The molecule has 19 heavy (non-hydrogen) atoms. The second kappa shape index (κ2) is 5.14. The van der Waals surface area contributed by atoms with Gasteiger partial charge in [0.2, 0.25) is 11.8 Å². The maximum absolute atomic E-state index is 12.8. The van der Waals surface area contributed by atoms with E-state index in [2.05, 4.69) is 12.2 Å². The number of nitrogens with one attached hydrogen (secondary N) is 1. The predicted octanol–water partition coefficient (Wildman–Crippen LogP) is 2.23. The standard InChI is InChI=1S/C15H26N2O2/c1-4-6-11-17-13(19)14(3,5-2)16-12(18)15(17)9-7-8-10-15/h4-11H2,1-3H3,(H,16,18). The van der Waals surface area contributed by atoms with Gasteiger partial charge in [-0.2, -0.15) is 0 Å². The van der Waals surface area contributed by atoms with Crippen molar-refractivity contribution in [2.24, 2.45) is 0 Å². The number of unbranched alkanes of at least 4 members (excludes halogenated alkanes) is 1. The van der Waals surface area contributed by atoms with E-state index in [4.69, 9.17) is 0 Å². The van der Waals surface area contributed by atoms with E-state index >= 15 is 0 Å². The van der Waals surface area contributed by atoms with Crippen LogP contribution in [0.15, 0.2) is 0 Å². The Morgan fingerprint density at radius 1 is 1.21 bits per heavy atom. The van der Waals surface area contributed by atoms with Gasteiger partial charge in [-0.15, -0.1) is 0 Å². The summed E-state index contributed by atoms with van der Waals surface area (Å²) in [6, 6.07) is 0. The number of carbonyl (C=O) groups excluding carboxylic acids is 2. The van der Waals surface area contributed by atoms with Crippen LogP contribution in [-0.2, 0) is 9.59 Å². The van der Waals surface area contributed by atoms with Gasteiger partial charge in [0, 0.05) is 6.54 Å². The van der Waals surface area contributed by atoms with Crippen molar-refractivity contribution in [3.05, 3.63) is 0 Å². The van der Waals surface area contributed by atoms with Gasteiger partial charge >= 0.3 is 0 Å². The Hall–Kier alpha value is -1.06. The van der Waals surface area contributed by atoms with Crippen molar-refractivity contribution < 1.29 is 9.59 Å². The Morgan fingerprint density at radius 3 is 2.37 bits per heavy atom. The molecule has 2 fully saturated rings. The summed E-state index contributed by atoms with van der Waals surface area (Å²) in [6.45, 7) is 6.66. The van der Waals surface area contributed by atoms with Gasteiger partial charge < -0.3 is 10.2 Å². The molecular weight excluding hydrogens is 240 g/mol. The molecule has 0 aromatic carbocycles. The summed E-state index contributed by atoms with van der Waals surface area (Å²) < 4.78 is 0. The maximum Gasteiger partial charge on any atom is 0.248 e. The van der Waals surface area contributed by atoms with Gasteiger partial charge in [-0.3, -0.25) is 9.59 Å². The first-order chi connectivity index (χ1) is 9.00. The number of carbonyl (C=O) groups is 2. The zero-order valence-corrected chi connectivity index (χ0v) is 12.4. The topological polar surface area (TPSA) is 49.4 Å². The van der Waals surface area contributed by atoms with Gasteiger partial charge in [0.25, 0.3) is 0 Å². The van der Waals surface area contributed by atoms with Crippen LogP contribution in [0.1, 0.15) is 65.7 Å². The first-order valence-electron chi connectivity index (χ1n) is 7.65. The molecule has 1 saturated heterocycles. The van der Waals surface area contributed by atoms with Crippen LogP contribution in [0.3, 0.4) is 0 Å². The lowest BCUT2D eigenvalue weighted by molar-refractivity contribution is -0.162. The van der Waals surface area contributed by atoms with Gasteiger partial charge in [-0.25, -0.2) is 0 Å². The van der Waals surface area contributed by atoms with E-state index in [0.717, 1.165) is 45.1 Å². The third-order valence-electron chi connectivity index (χ3n) is 4.92. The quantitative estimate of drug-likeness (QED) is 0.848. The number of rotatable bonds is 4. The van der Waals surface area contributed by atoms with Crippen LogP contribution < -0.4 is 5.32 Å². The fourth-order valence-corrected chi connectivity index (χ4v) is 3.36. The van der Waals surface area contributed by atoms with Crippen LogP contribution in [-0.4, -0.2) is 34.3 Å². The molecule has 0 bridgehead atoms. The molecule has 1 heterocycles. The minimum atomic E-state index is -0.710. The molecule has 1 N–H and O–H groups in total. The molecule has 0 aromatic rings. The average molecular weight is 266 g/mol. The van der Waals surface area contributed by atoms with Crippen molar-refractivity contribution in [3.63, 3.8) is 0 Å². The maximum atomic E-state index is 12.8. The Balaban J connectivity index is 2.33. The lowest BCUT2D eigenvalue weighted by Crippen LogP contribution is -2.74. The Labute approximate surface area is 115 Å². The summed E-state index contributed by atoms with van der Waals surface area (Å²) in [7, 11) is 0. The van der Waals surface area contributed by atoms with E-state index < -0.39 is 11.1 Å². The summed E-state index contributed by atoms with van der Waals surface area (Å²) in [5.74, 6) is 0.190. The van der Waals surface area contributed by atoms with E-state index in [-0.39, 0.29) is 11.8 Å². The SMILES string of the molecule is CCCCN1C(=O)C(C)(CC)NC(=O)C12CCCC2. The summed E-state index contributed by atoms with van der Waals surface area (Å²) >= 11 is 0. The van der Waals surface area contributed by atoms with Crippen LogP contribution in [0.4, 0.5) is 0 Å². The van der Waals surface area contributed by atoms with E-state index in [1.165, 1.54) is 0 Å². The first-order valence-corrected chi connectivity index (χ1v) is 7.65. The van der Waals surface area contributed by atoms with E-state index in [1.54, 1.807) is 0 Å². The average Bonchev–Trinajstić information content (AvgIpc) is 2.88. The number of hydrogen-bond donors (Lipinski definition) is 1. The Bertz CT molecular complexity index is 374. The van der Waals surface area contributed by atoms with Crippen molar-refractivity contribution >= 4 is 11.8 Å². The molecule has 1 aliphatic carbocycles. The largest absolute Gasteiger partial charge is 0.340 e. The van der Waals surface area contributed by atoms with E-state index in [9.17, 15) is 9.59 Å². The van der Waals surface area contributed by atoms with E-state index in [1.807, 2.05) is 18.7 Å². The third kappa shape index (κ3) is 2.15. The second-order valence-electron chi connectivity index (χ2n) is 6.19. The lowest BCUT2D eigenvalue weighted by Gasteiger charge is -2.50. The fraction of sp³-hybridized carbons (Fsp3) is 0.867. The highest BCUT2D eigenvalue weighted by Gasteiger charge is 2.56. The number of amides is 2. The molecule has 1 spiro atoms. The van der Waals surface area contributed by atoms with Crippen molar-refractivity contribution in [1.82, 2.24) is 10.2 Å². The summed E-state index contributed by atoms with van der Waals surface area (Å²) in [4.78, 5) is 27.3. The molecule has 2 amide bonds. The van der Waals surface area contributed by atoms with Crippen LogP contribution in [0.25, 0.3) is 0 Å². The highest BCUT2D eigenvalue weighted by molar-refractivity contribution is 6.02. The number of nitrogens with zero attached hydrogens (tertiary/aromatic N) is 1. The van der Waals surface area contributed by atoms with Crippen LogP contribution >= 0.6 is 0 Å². The third-order valence-corrected chi connectivity index (χ3v) is 4.92. The highest BCUT2D eigenvalue weighted by Crippen LogP contribution is 2.40. The predicted molar refractivity (Wildman–Crippen MR) is 74.7 cm³/mol. The van der Waals surface area contributed by atoms with Gasteiger partial charge in [-0.1, -0.05) is 33.1 Å². The summed E-state index contributed by atoms with van der Waals surface area (Å²) in [6.07, 6.45) is 6.42. The van der Waals surface area contributed by atoms with Crippen LogP contribution in [0, 0.1) is 0 Å². The molecule has 1 unspecified atom stereocenters. The van der Waals surface area contributed by atoms with Crippen LogP contribution in [0.2, 0.25) is 0 Å². The van der Waals surface area contributed by atoms with Crippen molar-refractivity contribution in [1.29, 1.82) is 0 Å². The Morgan fingerprint density at radius 2 is 1.84 bits per heavy atom. The minimum absolute atomic E-state index is 0.0741. The fourth-order valence-electron chi connectivity index (χ4n) is 3.36. The van der Waals surface area contributed by atoms with E-state index in [0.29, 0.717) is 6.42 Å². The Kier molecular flexibility index (Phi) is 3.88. The molecule has 2 rings (SSSR count). The van der Waals surface area contributed by atoms with Gasteiger partial charge in [0.05, 0.1) is 0 Å². The lowest BCUT2D eigenvalue weighted by atomic mass is 9.83. The molecule has 1 saturated carbocycles. The highest BCUT2D eigenvalue weighted by atomic mass is 16.2. The number of hydrogen-bond acceptors (Lipinski definition) is 2. The molecule has 4 nitrogen and oxygen atoms in total. The molecular formula is C15H26N2O2. The molecule has 4 heteroatoms. The summed E-state index contributed by atoms with van der Waals surface area (Å²) in [5.41, 5.74) is -1.25. The second-order valence-corrected chi connectivity index (χ2v) is 6.19. The van der Waals surface area contributed by atoms with Crippen molar-refractivity contribution in [3.8, 4) is 0 Å². The van der Waals surface area contributed by atoms with Crippen LogP contribution in [0.5, 0.6) is 0 Å². The zero-order valence-electron chi connectivity index (χ0n) is 12.4. The molecule has 1 atom stereocenters. The molecule has 0 aromatic heterocycles.